The highest BCUT2D eigenvalue weighted by atomic mass is 16.3. The first kappa shape index (κ1) is 21.3. The quantitative estimate of drug-likeness (QED) is 0.211. The molecule has 6 N–H and O–H groups in total. The summed E-state index contributed by atoms with van der Waals surface area (Å²) in [5.74, 6) is -1.09. The molecule has 0 saturated carbocycles. The van der Waals surface area contributed by atoms with Crippen molar-refractivity contribution in [2.24, 2.45) is 0 Å². The lowest BCUT2D eigenvalue weighted by molar-refractivity contribution is -0.128. The van der Waals surface area contributed by atoms with Crippen molar-refractivity contribution in [1.82, 2.24) is 4.90 Å². The van der Waals surface area contributed by atoms with Gasteiger partial charge in [-0.15, -0.1) is 0 Å². The first-order valence-electron chi connectivity index (χ1n) is 10.9. The van der Waals surface area contributed by atoms with E-state index < -0.39 is 0 Å². The van der Waals surface area contributed by atoms with Gasteiger partial charge in [-0.3, -0.25) is 14.5 Å². The van der Waals surface area contributed by atoms with Crippen LogP contribution in [0.5, 0.6) is 11.5 Å². The van der Waals surface area contributed by atoms with E-state index in [0.29, 0.717) is 34.5 Å². The highest BCUT2D eigenvalue weighted by molar-refractivity contribution is 6.19. The monoisotopic (exact) mass is 453 g/mol. The van der Waals surface area contributed by atoms with E-state index in [1.807, 2.05) is 42.5 Å². The molecule has 1 heterocycles. The molecule has 0 bridgehead atoms. The molecule has 0 spiro atoms. The number of aromatic hydroxyl groups is 2. The van der Waals surface area contributed by atoms with Gasteiger partial charge in [0.1, 0.15) is 0 Å². The average Bonchev–Trinajstić information content (AvgIpc) is 2.82. The molecule has 0 unspecified atom stereocenters. The summed E-state index contributed by atoms with van der Waals surface area (Å²) in [5.41, 5.74) is 16.7. The van der Waals surface area contributed by atoms with Crippen molar-refractivity contribution in [3.63, 3.8) is 0 Å². The number of rotatable bonds is 4. The number of carbonyl (C=O) groups excluding carboxylic acids is 2. The Labute approximate surface area is 195 Å². The van der Waals surface area contributed by atoms with E-state index in [0.717, 1.165) is 21.9 Å². The molecular formula is C27H23N3O4. The van der Waals surface area contributed by atoms with Crippen LogP contribution in [0.2, 0.25) is 0 Å². The third kappa shape index (κ3) is 3.47. The second kappa shape index (κ2) is 8.12. The maximum atomic E-state index is 13.5. The fourth-order valence-electron chi connectivity index (χ4n) is 4.56. The smallest absolute Gasteiger partial charge is 0.261 e. The topological polar surface area (TPSA) is 130 Å². The number of carbonyl (C=O) groups is 2. The van der Waals surface area contributed by atoms with Crippen LogP contribution in [-0.4, -0.2) is 33.5 Å². The highest BCUT2D eigenvalue weighted by Gasteiger charge is 2.33. The molecule has 0 saturated heterocycles. The van der Waals surface area contributed by atoms with E-state index >= 15 is 0 Å². The van der Waals surface area contributed by atoms with Gasteiger partial charge in [0.05, 0.1) is 23.4 Å². The van der Waals surface area contributed by atoms with Crippen molar-refractivity contribution in [2.45, 2.75) is 12.8 Å². The molecule has 5 rings (SSSR count). The molecule has 0 fully saturated rings. The number of amides is 2. The molecule has 0 aliphatic carbocycles. The Kier molecular flexibility index (Phi) is 5.09. The molecule has 2 amide bonds. The Bertz CT molecular complexity index is 1480. The van der Waals surface area contributed by atoms with Crippen LogP contribution in [0.4, 0.5) is 11.4 Å². The largest absolute Gasteiger partial charge is 0.504 e. The van der Waals surface area contributed by atoms with Crippen LogP contribution in [0.1, 0.15) is 21.5 Å². The molecule has 0 radical (unpaired) electrons. The number of phenols is 2. The summed E-state index contributed by atoms with van der Waals surface area (Å²) < 4.78 is 0. The van der Waals surface area contributed by atoms with E-state index in [4.69, 9.17) is 11.5 Å². The zero-order chi connectivity index (χ0) is 24.0. The van der Waals surface area contributed by atoms with Gasteiger partial charge in [0.25, 0.3) is 5.91 Å². The fourth-order valence-corrected chi connectivity index (χ4v) is 4.56. The van der Waals surface area contributed by atoms with Gasteiger partial charge in [0, 0.05) is 12.1 Å². The first-order valence-corrected chi connectivity index (χ1v) is 10.9. The number of hydrogen-bond acceptors (Lipinski definition) is 6. The molecule has 34 heavy (non-hydrogen) atoms. The lowest BCUT2D eigenvalue weighted by Gasteiger charge is -2.29. The van der Waals surface area contributed by atoms with Crippen LogP contribution >= 0.6 is 0 Å². The van der Waals surface area contributed by atoms with Crippen LogP contribution in [0.15, 0.2) is 66.7 Å². The lowest BCUT2D eigenvalue weighted by atomic mass is 9.87. The Morgan fingerprint density at radius 1 is 0.824 bits per heavy atom. The molecule has 4 aromatic rings. The number of nitrogen functional groups attached to an aromatic ring is 2. The molecule has 0 atom stereocenters. The molecule has 1 aliphatic rings. The Morgan fingerprint density at radius 2 is 1.59 bits per heavy atom. The van der Waals surface area contributed by atoms with Crippen LogP contribution in [0.25, 0.3) is 21.9 Å². The zero-order valence-corrected chi connectivity index (χ0v) is 18.3. The number of fused-ring (bicyclic) bond motifs is 3. The SMILES string of the molecule is Nc1cccc(-c2cc3c(c4ccccc24)C(=O)N(CCc2ccc(O)c(O)c2)C(=O)C3)c1N. The number of hydrogen-bond donors (Lipinski definition) is 4. The van der Waals surface area contributed by atoms with Crippen LogP contribution in [0.3, 0.4) is 0 Å². The van der Waals surface area contributed by atoms with Crippen molar-refractivity contribution in [1.29, 1.82) is 0 Å². The molecule has 4 aromatic carbocycles. The van der Waals surface area contributed by atoms with E-state index in [9.17, 15) is 19.8 Å². The van der Waals surface area contributed by atoms with E-state index in [-0.39, 0.29) is 36.3 Å². The number of benzene rings is 4. The van der Waals surface area contributed by atoms with Crippen LogP contribution < -0.4 is 11.5 Å². The summed E-state index contributed by atoms with van der Waals surface area (Å²) in [4.78, 5) is 27.8. The number of para-hydroxylation sites is 1. The summed E-state index contributed by atoms with van der Waals surface area (Å²) in [7, 11) is 0. The van der Waals surface area contributed by atoms with Gasteiger partial charge in [-0.1, -0.05) is 42.5 Å². The summed E-state index contributed by atoms with van der Waals surface area (Å²) in [6.07, 6.45) is 0.443. The number of nitrogens with two attached hydrogens (primary N) is 2. The number of imide groups is 1. The maximum Gasteiger partial charge on any atom is 0.261 e. The van der Waals surface area contributed by atoms with Crippen molar-refractivity contribution in [3.8, 4) is 22.6 Å². The minimum absolute atomic E-state index is 0.0853. The first-order chi connectivity index (χ1) is 16.3. The molecule has 7 nitrogen and oxygen atoms in total. The summed E-state index contributed by atoms with van der Waals surface area (Å²) >= 11 is 0. The molecule has 7 heteroatoms. The van der Waals surface area contributed by atoms with Crippen molar-refractivity contribution < 1.29 is 19.8 Å². The lowest BCUT2D eigenvalue weighted by Crippen LogP contribution is -2.43. The Morgan fingerprint density at radius 3 is 2.35 bits per heavy atom. The maximum absolute atomic E-state index is 13.5. The normalized spacial score (nSPS) is 13.4. The minimum atomic E-state index is -0.349. The zero-order valence-electron chi connectivity index (χ0n) is 18.3. The second-order valence-electron chi connectivity index (χ2n) is 8.41. The van der Waals surface area contributed by atoms with Gasteiger partial charge in [-0.05, 0) is 58.1 Å². The Hall–Kier alpha value is -4.52. The average molecular weight is 453 g/mol. The van der Waals surface area contributed by atoms with Gasteiger partial charge in [-0.25, -0.2) is 0 Å². The molecule has 1 aliphatic heterocycles. The number of nitrogens with zero attached hydrogens (tertiary/aromatic N) is 1. The van der Waals surface area contributed by atoms with E-state index in [2.05, 4.69) is 0 Å². The summed E-state index contributed by atoms with van der Waals surface area (Å²) in [5, 5.41) is 20.8. The van der Waals surface area contributed by atoms with Gasteiger partial charge in [0.2, 0.25) is 5.91 Å². The van der Waals surface area contributed by atoms with Gasteiger partial charge >= 0.3 is 0 Å². The fraction of sp³-hybridized carbons (Fsp3) is 0.111. The van der Waals surface area contributed by atoms with Crippen molar-refractivity contribution in [2.75, 3.05) is 18.0 Å². The van der Waals surface area contributed by atoms with Gasteiger partial charge in [-0.2, -0.15) is 0 Å². The molecule has 0 aromatic heterocycles. The number of phenolic OH excluding ortho intramolecular Hbond substituents is 2. The van der Waals surface area contributed by atoms with Gasteiger partial charge < -0.3 is 21.7 Å². The third-order valence-corrected chi connectivity index (χ3v) is 6.32. The summed E-state index contributed by atoms with van der Waals surface area (Å²) in [6, 6.07) is 19.4. The summed E-state index contributed by atoms with van der Waals surface area (Å²) in [6.45, 7) is 0.166. The highest BCUT2D eigenvalue weighted by Crippen LogP contribution is 2.39. The van der Waals surface area contributed by atoms with E-state index in [1.54, 1.807) is 12.1 Å². The van der Waals surface area contributed by atoms with Crippen LogP contribution in [-0.2, 0) is 17.6 Å². The van der Waals surface area contributed by atoms with Crippen molar-refractivity contribution >= 4 is 34.0 Å². The van der Waals surface area contributed by atoms with Crippen LogP contribution in [0, 0.1) is 0 Å². The molecule has 170 valence electrons. The minimum Gasteiger partial charge on any atom is -0.504 e. The number of anilines is 2. The third-order valence-electron chi connectivity index (χ3n) is 6.32. The Balaban J connectivity index is 1.57. The van der Waals surface area contributed by atoms with Gasteiger partial charge in [0.15, 0.2) is 11.5 Å². The molecular weight excluding hydrogens is 430 g/mol. The standard InChI is InChI=1S/C27H23N3O4/c28-21-7-3-6-19(26(21)29)20-13-16-14-24(33)30(11-10-15-8-9-22(31)23(32)12-15)27(34)25(16)18-5-2-1-4-17(18)20/h1-9,12-13,31-32H,10-11,14,28-29H2. The predicted molar refractivity (Wildman–Crippen MR) is 131 cm³/mol. The predicted octanol–water partition coefficient (Wildman–Crippen LogP) is 3.85. The van der Waals surface area contributed by atoms with Crippen molar-refractivity contribution in [3.05, 3.63) is 83.4 Å². The van der Waals surface area contributed by atoms with E-state index in [1.165, 1.54) is 17.0 Å². The second-order valence-corrected chi connectivity index (χ2v) is 8.41.